The Hall–Kier alpha value is -1.92. The van der Waals surface area contributed by atoms with Gasteiger partial charge in [-0.2, -0.15) is 0 Å². The molecule has 1 aliphatic heterocycles. The van der Waals surface area contributed by atoms with Crippen LogP contribution in [0.15, 0.2) is 23.6 Å². The largest absolute Gasteiger partial charge is 0.343 e. The second-order valence-corrected chi connectivity index (χ2v) is 9.98. The highest BCUT2D eigenvalue weighted by atomic mass is 32.1. The van der Waals surface area contributed by atoms with Gasteiger partial charge >= 0.3 is 0 Å². The normalized spacial score (nSPS) is 15.7. The highest BCUT2D eigenvalue weighted by Crippen LogP contribution is 2.25. The summed E-state index contributed by atoms with van der Waals surface area (Å²) in [7, 11) is 0. The fraction of sp³-hybridized carbons (Fsp3) is 0.565. The van der Waals surface area contributed by atoms with Crippen molar-refractivity contribution in [2.45, 2.75) is 53.0 Å². The first kappa shape index (κ1) is 21.8. The number of aryl methyl sites for hydroxylation is 2. The van der Waals surface area contributed by atoms with E-state index in [1.165, 1.54) is 4.88 Å². The Morgan fingerprint density at radius 2 is 1.79 bits per heavy atom. The minimum absolute atomic E-state index is 0.0399. The number of Topliss-reactive ketones (excluding diaryl/α,β-unsaturated/α-hetero) is 1. The van der Waals surface area contributed by atoms with Gasteiger partial charge in [0.2, 0.25) is 5.91 Å². The van der Waals surface area contributed by atoms with E-state index in [-0.39, 0.29) is 17.2 Å². The summed E-state index contributed by atoms with van der Waals surface area (Å²) in [5.41, 5.74) is 2.95. The number of hydrogen-bond donors (Lipinski definition) is 0. The molecule has 1 aliphatic rings. The zero-order chi connectivity index (χ0) is 21.2. The lowest BCUT2D eigenvalue weighted by molar-refractivity contribution is -0.132. The quantitative estimate of drug-likeness (QED) is 0.673. The maximum Gasteiger partial charge on any atom is 0.223 e. The second kappa shape index (κ2) is 8.84. The number of thiophene rings is 1. The van der Waals surface area contributed by atoms with E-state index in [9.17, 15) is 9.59 Å². The van der Waals surface area contributed by atoms with Crippen LogP contribution in [0.1, 0.15) is 53.8 Å². The highest BCUT2D eigenvalue weighted by molar-refractivity contribution is 7.09. The smallest absolute Gasteiger partial charge is 0.223 e. The lowest BCUT2D eigenvalue weighted by atomic mass is 10.1. The lowest BCUT2D eigenvalue weighted by Crippen LogP contribution is -2.50. The molecule has 0 radical (unpaired) electrons. The third-order valence-electron chi connectivity index (χ3n) is 5.66. The maximum atomic E-state index is 12.9. The molecule has 0 aliphatic carbocycles. The predicted octanol–water partition coefficient (Wildman–Crippen LogP) is 3.88. The molecular formula is C23H33N3O2S. The van der Waals surface area contributed by atoms with Crippen molar-refractivity contribution in [1.82, 2.24) is 14.4 Å². The molecule has 0 spiro atoms. The van der Waals surface area contributed by atoms with Crippen molar-refractivity contribution in [1.29, 1.82) is 0 Å². The summed E-state index contributed by atoms with van der Waals surface area (Å²) in [6.07, 6.45) is 1.39. The summed E-state index contributed by atoms with van der Waals surface area (Å²) in [6.45, 7) is 13.9. The molecule has 2 aromatic heterocycles. The summed E-state index contributed by atoms with van der Waals surface area (Å²) in [6, 6.07) is 6.13. The maximum absolute atomic E-state index is 12.9. The molecule has 2 aromatic rings. The number of amides is 1. The van der Waals surface area contributed by atoms with Crippen LogP contribution in [0.5, 0.6) is 0 Å². The van der Waals surface area contributed by atoms with E-state index in [4.69, 9.17) is 0 Å². The summed E-state index contributed by atoms with van der Waals surface area (Å²) in [5.74, 6) is 0.393. The number of carbonyl (C=O) groups excluding carboxylic acids is 2. The molecule has 3 heterocycles. The third kappa shape index (κ3) is 5.17. The zero-order valence-electron chi connectivity index (χ0n) is 18.3. The van der Waals surface area contributed by atoms with E-state index >= 15 is 0 Å². The van der Waals surface area contributed by atoms with Gasteiger partial charge in [0.15, 0.2) is 5.78 Å². The fourth-order valence-electron chi connectivity index (χ4n) is 4.36. The molecule has 158 valence electrons. The third-order valence-corrected chi connectivity index (χ3v) is 6.60. The number of rotatable bonds is 6. The van der Waals surface area contributed by atoms with Crippen molar-refractivity contribution in [3.05, 3.63) is 45.4 Å². The van der Waals surface area contributed by atoms with Crippen molar-refractivity contribution < 1.29 is 9.59 Å². The Balaban J connectivity index is 1.52. The molecule has 29 heavy (non-hydrogen) atoms. The van der Waals surface area contributed by atoms with Crippen LogP contribution in [0.2, 0.25) is 0 Å². The van der Waals surface area contributed by atoms with Crippen molar-refractivity contribution in [3.63, 3.8) is 0 Å². The van der Waals surface area contributed by atoms with Crippen LogP contribution in [0, 0.1) is 13.8 Å². The van der Waals surface area contributed by atoms with Gasteiger partial charge in [0.1, 0.15) is 0 Å². The van der Waals surface area contributed by atoms with Gasteiger partial charge in [-0.15, -0.1) is 11.3 Å². The van der Waals surface area contributed by atoms with Gasteiger partial charge in [-0.1, -0.05) is 6.07 Å². The first-order valence-corrected chi connectivity index (χ1v) is 11.3. The van der Waals surface area contributed by atoms with E-state index in [1.807, 2.05) is 24.0 Å². The van der Waals surface area contributed by atoms with E-state index in [1.54, 1.807) is 11.3 Å². The summed E-state index contributed by atoms with van der Waals surface area (Å²) < 4.78 is 2.24. The highest BCUT2D eigenvalue weighted by Gasteiger charge is 2.26. The molecule has 1 fully saturated rings. The first-order valence-electron chi connectivity index (χ1n) is 10.4. The molecule has 3 rings (SSSR count). The molecule has 0 unspecified atom stereocenters. The molecule has 0 bridgehead atoms. The Morgan fingerprint density at radius 3 is 2.34 bits per heavy atom. The molecule has 5 nitrogen and oxygen atoms in total. The zero-order valence-corrected chi connectivity index (χ0v) is 19.1. The topological polar surface area (TPSA) is 45.6 Å². The number of carbonyl (C=O) groups is 2. The van der Waals surface area contributed by atoms with Gasteiger partial charge in [0.05, 0.1) is 6.54 Å². The van der Waals surface area contributed by atoms with E-state index in [2.05, 4.69) is 48.6 Å². The Bertz CT molecular complexity index is 854. The molecule has 1 saturated heterocycles. The molecule has 0 saturated carbocycles. The minimum atomic E-state index is -0.0399. The van der Waals surface area contributed by atoms with Gasteiger partial charge in [0, 0.05) is 60.0 Å². The molecule has 0 N–H and O–H groups in total. The van der Waals surface area contributed by atoms with Gasteiger partial charge in [-0.25, -0.2) is 0 Å². The van der Waals surface area contributed by atoms with Gasteiger partial charge in [-0.3, -0.25) is 14.5 Å². The Kier molecular flexibility index (Phi) is 6.64. The van der Waals surface area contributed by atoms with Crippen molar-refractivity contribution >= 4 is 23.0 Å². The number of nitrogens with zero attached hydrogens (tertiary/aromatic N) is 3. The second-order valence-electron chi connectivity index (χ2n) is 8.95. The van der Waals surface area contributed by atoms with Crippen LogP contribution in [-0.4, -0.2) is 58.8 Å². The number of piperazine rings is 1. The first-order chi connectivity index (χ1) is 13.7. The van der Waals surface area contributed by atoms with Crippen LogP contribution in [0.4, 0.5) is 0 Å². The van der Waals surface area contributed by atoms with E-state index < -0.39 is 0 Å². The number of ketones is 1. The number of hydrogen-bond acceptors (Lipinski definition) is 4. The Morgan fingerprint density at radius 1 is 1.10 bits per heavy atom. The summed E-state index contributed by atoms with van der Waals surface area (Å²) >= 11 is 1.70. The van der Waals surface area contributed by atoms with Crippen LogP contribution >= 0.6 is 11.3 Å². The van der Waals surface area contributed by atoms with Gasteiger partial charge < -0.3 is 9.47 Å². The molecule has 0 atom stereocenters. The van der Waals surface area contributed by atoms with Gasteiger partial charge in [0.25, 0.3) is 0 Å². The van der Waals surface area contributed by atoms with E-state index in [0.717, 1.165) is 36.5 Å². The van der Waals surface area contributed by atoms with Crippen molar-refractivity contribution in [2.24, 2.45) is 0 Å². The average molecular weight is 416 g/mol. The van der Waals surface area contributed by atoms with Gasteiger partial charge in [-0.05, 0) is 58.6 Å². The summed E-state index contributed by atoms with van der Waals surface area (Å²) in [5, 5.41) is 2.05. The standard InChI is InChI=1S/C23H33N3O2S/c1-17-15-20(18(2)26(17)23(3,4)5)21(27)16-24-10-12-25(13-11-24)22(28)9-8-19-7-6-14-29-19/h6-7,14-15H,8-13,16H2,1-5H3. The lowest BCUT2D eigenvalue weighted by Gasteiger charge is -2.34. The minimum Gasteiger partial charge on any atom is -0.343 e. The molecule has 1 amide bonds. The van der Waals surface area contributed by atoms with Crippen LogP contribution < -0.4 is 0 Å². The molecular weight excluding hydrogens is 382 g/mol. The van der Waals surface area contributed by atoms with Crippen LogP contribution in [0.3, 0.4) is 0 Å². The monoisotopic (exact) mass is 415 g/mol. The van der Waals surface area contributed by atoms with Crippen LogP contribution in [0.25, 0.3) is 0 Å². The SMILES string of the molecule is Cc1cc(C(=O)CN2CCN(C(=O)CCc3cccs3)CC2)c(C)n1C(C)(C)C. The average Bonchev–Trinajstić information content (AvgIpc) is 3.27. The van der Waals surface area contributed by atoms with Crippen molar-refractivity contribution in [3.8, 4) is 0 Å². The molecule has 6 heteroatoms. The van der Waals surface area contributed by atoms with E-state index in [0.29, 0.717) is 26.1 Å². The molecule has 0 aromatic carbocycles. The fourth-order valence-corrected chi connectivity index (χ4v) is 5.07. The van der Waals surface area contributed by atoms with Crippen molar-refractivity contribution in [2.75, 3.05) is 32.7 Å². The predicted molar refractivity (Wildman–Crippen MR) is 119 cm³/mol. The van der Waals surface area contributed by atoms with Crippen LogP contribution in [-0.2, 0) is 16.8 Å². The number of aromatic nitrogens is 1. The summed E-state index contributed by atoms with van der Waals surface area (Å²) in [4.78, 5) is 30.8. The Labute approximate surface area is 178 Å².